The Kier molecular flexibility index (Phi) is 4.34. The molecule has 4 rings (SSSR count). The van der Waals surface area contributed by atoms with Crippen LogP contribution in [0.1, 0.15) is 11.4 Å². The molecular formula is C20H18N4OS. The molecule has 2 heterocycles. The van der Waals surface area contributed by atoms with E-state index in [1.165, 1.54) is 11.8 Å². The highest BCUT2D eigenvalue weighted by Gasteiger charge is 2.12. The van der Waals surface area contributed by atoms with Crippen LogP contribution in [0.5, 0.6) is 11.6 Å². The van der Waals surface area contributed by atoms with Crippen molar-refractivity contribution in [3.63, 3.8) is 0 Å². The van der Waals surface area contributed by atoms with Gasteiger partial charge in [-0.25, -0.2) is 9.67 Å². The van der Waals surface area contributed by atoms with Gasteiger partial charge in [0.2, 0.25) is 5.88 Å². The second kappa shape index (κ2) is 6.80. The van der Waals surface area contributed by atoms with E-state index >= 15 is 0 Å². The Bertz CT molecular complexity index is 1090. The van der Waals surface area contributed by atoms with E-state index in [4.69, 9.17) is 4.74 Å². The quantitative estimate of drug-likeness (QED) is 0.380. The summed E-state index contributed by atoms with van der Waals surface area (Å²) in [5.41, 5.74) is 1.97. The Morgan fingerprint density at radius 1 is 0.962 bits per heavy atom. The molecule has 0 fully saturated rings. The number of aromatic nitrogens is 4. The van der Waals surface area contributed by atoms with Crippen molar-refractivity contribution >= 4 is 22.5 Å². The van der Waals surface area contributed by atoms with E-state index in [2.05, 4.69) is 27.2 Å². The molecular weight excluding hydrogens is 344 g/mol. The molecule has 6 heteroatoms. The minimum absolute atomic E-state index is 0.503. The maximum absolute atomic E-state index is 6.14. The number of thioether (sulfide) groups is 1. The number of aryl methyl sites for hydroxylation is 2. The van der Waals surface area contributed by atoms with Gasteiger partial charge in [-0.2, -0.15) is 10.1 Å². The number of hydrogen-bond acceptors (Lipinski definition) is 5. The molecule has 0 aliphatic rings. The molecule has 0 radical (unpaired) electrons. The second-order valence-corrected chi connectivity index (χ2v) is 6.74. The maximum atomic E-state index is 6.14. The molecule has 0 atom stereocenters. The van der Waals surface area contributed by atoms with Gasteiger partial charge in [-0.1, -0.05) is 48.2 Å². The Labute approximate surface area is 156 Å². The van der Waals surface area contributed by atoms with Gasteiger partial charge in [0.05, 0.1) is 5.69 Å². The molecule has 0 saturated carbocycles. The smallest absolute Gasteiger partial charge is 0.225 e. The lowest BCUT2D eigenvalue weighted by Gasteiger charge is -2.11. The number of ether oxygens (including phenoxy) is 1. The van der Waals surface area contributed by atoms with Crippen LogP contribution in [0, 0.1) is 13.8 Å². The number of rotatable bonds is 4. The summed E-state index contributed by atoms with van der Waals surface area (Å²) in [4.78, 5) is 9.08. The summed E-state index contributed by atoms with van der Waals surface area (Å²) in [6, 6.07) is 18.0. The molecule has 130 valence electrons. The summed E-state index contributed by atoms with van der Waals surface area (Å²) in [7, 11) is 0. The van der Waals surface area contributed by atoms with Gasteiger partial charge < -0.3 is 4.74 Å². The summed E-state index contributed by atoms with van der Waals surface area (Å²) in [6.07, 6.45) is 1.95. The first-order chi connectivity index (χ1) is 12.6. The molecule has 0 saturated heterocycles. The summed E-state index contributed by atoms with van der Waals surface area (Å²) >= 11 is 1.48. The minimum atomic E-state index is 0.503. The van der Waals surface area contributed by atoms with Gasteiger partial charge in [0.15, 0.2) is 11.0 Å². The molecule has 0 bridgehead atoms. The number of nitrogens with zero attached hydrogens (tertiary/aromatic N) is 4. The first kappa shape index (κ1) is 16.6. The summed E-state index contributed by atoms with van der Waals surface area (Å²) in [5.74, 6) is 1.97. The van der Waals surface area contributed by atoms with E-state index in [0.29, 0.717) is 16.9 Å². The third-order valence-corrected chi connectivity index (χ3v) is 4.59. The third kappa shape index (κ3) is 3.15. The highest BCUT2D eigenvalue weighted by atomic mass is 32.2. The lowest BCUT2D eigenvalue weighted by atomic mass is 10.1. The van der Waals surface area contributed by atoms with Gasteiger partial charge in [0, 0.05) is 17.1 Å². The number of fused-ring (bicyclic) bond motifs is 1. The normalized spacial score (nSPS) is 11.0. The summed E-state index contributed by atoms with van der Waals surface area (Å²) in [6.45, 7) is 3.97. The number of hydrogen-bond donors (Lipinski definition) is 0. The van der Waals surface area contributed by atoms with Crippen LogP contribution in [0.3, 0.4) is 0 Å². The Balaban J connectivity index is 1.79. The molecule has 5 nitrogen and oxygen atoms in total. The highest BCUT2D eigenvalue weighted by Crippen LogP contribution is 2.30. The molecule has 0 amide bonds. The van der Waals surface area contributed by atoms with E-state index in [0.717, 1.165) is 27.9 Å². The van der Waals surface area contributed by atoms with Crippen LogP contribution < -0.4 is 4.74 Å². The van der Waals surface area contributed by atoms with E-state index in [9.17, 15) is 0 Å². The van der Waals surface area contributed by atoms with Crippen molar-refractivity contribution in [2.45, 2.75) is 19.0 Å². The van der Waals surface area contributed by atoms with Crippen LogP contribution in [-0.2, 0) is 0 Å². The zero-order chi connectivity index (χ0) is 18.1. The predicted molar refractivity (Wildman–Crippen MR) is 104 cm³/mol. The van der Waals surface area contributed by atoms with E-state index < -0.39 is 0 Å². The van der Waals surface area contributed by atoms with Crippen molar-refractivity contribution < 1.29 is 4.74 Å². The van der Waals surface area contributed by atoms with E-state index in [1.807, 2.05) is 67.2 Å². The van der Waals surface area contributed by atoms with Crippen molar-refractivity contribution in [2.24, 2.45) is 0 Å². The van der Waals surface area contributed by atoms with Crippen molar-refractivity contribution in [1.29, 1.82) is 0 Å². The lowest BCUT2D eigenvalue weighted by molar-refractivity contribution is 0.459. The molecule has 0 aliphatic carbocycles. The van der Waals surface area contributed by atoms with Crippen molar-refractivity contribution in [3.05, 3.63) is 66.0 Å². The fourth-order valence-corrected chi connectivity index (χ4v) is 3.27. The summed E-state index contributed by atoms with van der Waals surface area (Å²) < 4.78 is 7.95. The van der Waals surface area contributed by atoms with Crippen molar-refractivity contribution in [3.8, 4) is 17.4 Å². The first-order valence-corrected chi connectivity index (χ1v) is 9.49. The topological polar surface area (TPSA) is 52.8 Å². The molecule has 2 aromatic carbocycles. The standard InChI is InChI=1S/C20H18N4OS/c1-13-11-14(2)24(23-13)18-12-19(22-20(21-18)26-3)25-17-10-6-8-15-7-4-5-9-16(15)17/h4-12H,1-3H3. The molecule has 0 aliphatic heterocycles. The van der Waals surface area contributed by atoms with Gasteiger partial charge in [0.1, 0.15) is 5.75 Å². The monoisotopic (exact) mass is 362 g/mol. The first-order valence-electron chi connectivity index (χ1n) is 8.26. The average molecular weight is 362 g/mol. The van der Waals surface area contributed by atoms with Gasteiger partial charge in [-0.05, 0) is 37.6 Å². The lowest BCUT2D eigenvalue weighted by Crippen LogP contribution is -2.05. The maximum Gasteiger partial charge on any atom is 0.225 e. The van der Waals surface area contributed by atoms with Crippen LogP contribution >= 0.6 is 11.8 Å². The molecule has 2 aromatic heterocycles. The van der Waals surface area contributed by atoms with Gasteiger partial charge in [-0.15, -0.1) is 0 Å². The van der Waals surface area contributed by atoms with Gasteiger partial charge in [-0.3, -0.25) is 0 Å². The van der Waals surface area contributed by atoms with Crippen LogP contribution in [0.4, 0.5) is 0 Å². The fourth-order valence-electron chi connectivity index (χ4n) is 2.90. The SMILES string of the molecule is CSc1nc(Oc2cccc3ccccc23)cc(-n2nc(C)cc2C)n1. The molecule has 0 spiro atoms. The number of benzene rings is 2. The van der Waals surface area contributed by atoms with Crippen LogP contribution in [0.15, 0.2) is 59.8 Å². The third-order valence-electron chi connectivity index (χ3n) is 4.04. The Morgan fingerprint density at radius 2 is 1.77 bits per heavy atom. The fraction of sp³-hybridized carbons (Fsp3) is 0.150. The van der Waals surface area contributed by atoms with Gasteiger partial charge >= 0.3 is 0 Å². The molecule has 0 unspecified atom stereocenters. The van der Waals surface area contributed by atoms with Gasteiger partial charge in [0.25, 0.3) is 0 Å². The Morgan fingerprint density at radius 3 is 2.54 bits per heavy atom. The van der Waals surface area contributed by atoms with Crippen LogP contribution in [-0.4, -0.2) is 26.0 Å². The van der Waals surface area contributed by atoms with E-state index in [-0.39, 0.29) is 0 Å². The molecule has 4 aromatic rings. The molecule has 26 heavy (non-hydrogen) atoms. The molecule has 0 N–H and O–H groups in total. The zero-order valence-corrected chi connectivity index (χ0v) is 15.6. The van der Waals surface area contributed by atoms with Crippen molar-refractivity contribution in [2.75, 3.05) is 6.26 Å². The Hall–Kier alpha value is -2.86. The largest absolute Gasteiger partial charge is 0.438 e. The highest BCUT2D eigenvalue weighted by molar-refractivity contribution is 7.98. The average Bonchev–Trinajstić information content (AvgIpc) is 3.00. The van der Waals surface area contributed by atoms with Crippen LogP contribution in [0.2, 0.25) is 0 Å². The van der Waals surface area contributed by atoms with E-state index in [1.54, 1.807) is 0 Å². The minimum Gasteiger partial charge on any atom is -0.438 e. The van der Waals surface area contributed by atoms with Crippen LogP contribution in [0.25, 0.3) is 16.6 Å². The zero-order valence-electron chi connectivity index (χ0n) is 14.8. The summed E-state index contributed by atoms with van der Waals surface area (Å²) in [5, 5.41) is 7.34. The predicted octanol–water partition coefficient (Wildman–Crippen LogP) is 4.95. The van der Waals surface area contributed by atoms with Crippen molar-refractivity contribution in [1.82, 2.24) is 19.7 Å². The second-order valence-electron chi connectivity index (χ2n) is 5.97.